The van der Waals surface area contributed by atoms with Gasteiger partial charge in [-0.05, 0) is 84.4 Å². The number of hydrogen-bond donors (Lipinski definition) is 1. The Bertz CT molecular complexity index is 1510. The van der Waals surface area contributed by atoms with Crippen LogP contribution in [-0.4, -0.2) is 47.4 Å². The normalized spacial score (nSPS) is 14.8. The second-order valence-corrected chi connectivity index (χ2v) is 10.2. The van der Waals surface area contributed by atoms with Gasteiger partial charge in [0.25, 0.3) is 5.91 Å². The van der Waals surface area contributed by atoms with Gasteiger partial charge in [-0.3, -0.25) is 9.69 Å². The van der Waals surface area contributed by atoms with E-state index in [2.05, 4.69) is 21.9 Å². The molecule has 3 aromatic carbocycles. The molecule has 0 spiro atoms. The Kier molecular flexibility index (Phi) is 9.53. The maximum absolute atomic E-state index is 13.7. The van der Waals surface area contributed by atoms with E-state index in [4.69, 9.17) is 25.6 Å². The lowest BCUT2D eigenvalue weighted by Crippen LogP contribution is -2.28. The van der Waals surface area contributed by atoms with Crippen LogP contribution in [0.1, 0.15) is 28.4 Å². The van der Waals surface area contributed by atoms with Crippen LogP contribution in [0.25, 0.3) is 6.08 Å². The van der Waals surface area contributed by atoms with Gasteiger partial charge in [0.15, 0.2) is 16.7 Å². The van der Waals surface area contributed by atoms with Gasteiger partial charge in [0, 0.05) is 4.47 Å². The maximum Gasteiger partial charge on any atom is 0.335 e. The molecule has 8 nitrogen and oxygen atoms in total. The number of carbonyl (C=O) groups excluding carboxylic acids is 1. The predicted octanol–water partition coefficient (Wildman–Crippen LogP) is 6.37. The number of halogens is 1. The fraction of sp³-hybridized carbons (Fsp3) is 0.167. The number of nitrogens with zero attached hydrogens (tertiary/aromatic N) is 2. The summed E-state index contributed by atoms with van der Waals surface area (Å²) in [5.41, 5.74) is 2.29. The van der Waals surface area contributed by atoms with E-state index in [9.17, 15) is 14.7 Å². The number of benzene rings is 3. The van der Waals surface area contributed by atoms with Crippen LogP contribution in [0.3, 0.4) is 0 Å². The number of aliphatic imine (C=N–C) groups is 1. The van der Waals surface area contributed by atoms with E-state index in [1.54, 1.807) is 66.6 Å². The van der Waals surface area contributed by atoms with Gasteiger partial charge in [0.05, 0.1) is 36.4 Å². The molecule has 0 bridgehead atoms. The standard InChI is InChI=1S/C30H25BrN2O6S/c1-4-14-39-26-17-24(31)21(15-25(26)38-5-2)16-27-28(34)33(18-19-6-8-20(9-7-19)29(35)36)30(40-27)32-22-10-12-23(37-3)13-11-22/h1,6-13,15-17H,5,14,18H2,2-3H3,(H,35,36)/b27-16-,32-30?. The van der Waals surface area contributed by atoms with E-state index < -0.39 is 5.97 Å². The molecular formula is C30H25BrN2O6S. The fourth-order valence-electron chi connectivity index (χ4n) is 3.74. The lowest BCUT2D eigenvalue weighted by molar-refractivity contribution is -0.122. The van der Waals surface area contributed by atoms with Gasteiger partial charge >= 0.3 is 5.97 Å². The van der Waals surface area contributed by atoms with E-state index in [1.165, 1.54) is 23.9 Å². The first-order valence-corrected chi connectivity index (χ1v) is 13.7. The van der Waals surface area contributed by atoms with E-state index in [-0.39, 0.29) is 24.6 Å². The Labute approximate surface area is 244 Å². The van der Waals surface area contributed by atoms with Crippen molar-refractivity contribution >= 4 is 56.5 Å². The van der Waals surface area contributed by atoms with Crippen LogP contribution in [0.15, 0.2) is 75.0 Å². The van der Waals surface area contributed by atoms with Gasteiger partial charge < -0.3 is 19.3 Å². The summed E-state index contributed by atoms with van der Waals surface area (Å²) in [5, 5.41) is 9.71. The third kappa shape index (κ3) is 6.86. The number of thioether (sulfide) groups is 1. The van der Waals surface area contributed by atoms with Gasteiger partial charge in [0.2, 0.25) is 0 Å². The number of aromatic carboxylic acids is 1. The SMILES string of the molecule is C#CCOc1cc(Br)c(/C=C2\SC(=Nc3ccc(OC)cc3)N(Cc3ccc(C(=O)O)cc3)C2=O)cc1OCC. The van der Waals surface area contributed by atoms with Crippen molar-refractivity contribution in [3.63, 3.8) is 0 Å². The van der Waals surface area contributed by atoms with Crippen molar-refractivity contribution in [1.82, 2.24) is 4.90 Å². The third-order valence-electron chi connectivity index (χ3n) is 5.69. The first-order chi connectivity index (χ1) is 19.3. The van der Waals surface area contributed by atoms with Crippen molar-refractivity contribution in [2.75, 3.05) is 20.3 Å². The molecule has 0 unspecified atom stereocenters. The van der Waals surface area contributed by atoms with Crippen LogP contribution < -0.4 is 14.2 Å². The highest BCUT2D eigenvalue weighted by Crippen LogP contribution is 2.39. The minimum Gasteiger partial charge on any atom is -0.497 e. The Morgan fingerprint density at radius 3 is 2.45 bits per heavy atom. The summed E-state index contributed by atoms with van der Waals surface area (Å²) in [4.78, 5) is 31.7. The molecule has 10 heteroatoms. The van der Waals surface area contributed by atoms with E-state index >= 15 is 0 Å². The van der Waals surface area contributed by atoms with Crippen LogP contribution in [0, 0.1) is 12.3 Å². The fourth-order valence-corrected chi connectivity index (χ4v) is 5.16. The molecule has 1 saturated heterocycles. The van der Waals surface area contributed by atoms with Crippen LogP contribution in [0.5, 0.6) is 17.2 Å². The number of methoxy groups -OCH3 is 1. The summed E-state index contributed by atoms with van der Waals surface area (Å²) in [6, 6.07) is 17.1. The first kappa shape index (κ1) is 28.8. The molecule has 0 atom stereocenters. The molecule has 0 aromatic heterocycles. The topological polar surface area (TPSA) is 97.7 Å². The molecule has 40 heavy (non-hydrogen) atoms. The lowest BCUT2D eigenvalue weighted by Gasteiger charge is -2.16. The average Bonchev–Trinajstić information content (AvgIpc) is 3.23. The van der Waals surface area contributed by atoms with Crippen LogP contribution in [-0.2, 0) is 11.3 Å². The number of amidine groups is 1. The van der Waals surface area contributed by atoms with Crippen molar-refractivity contribution < 1.29 is 28.9 Å². The highest BCUT2D eigenvalue weighted by molar-refractivity contribution is 9.10. The van der Waals surface area contributed by atoms with E-state index in [1.807, 2.05) is 6.92 Å². The third-order valence-corrected chi connectivity index (χ3v) is 7.38. The molecule has 1 N–H and O–H groups in total. The molecule has 1 aliphatic rings. The molecule has 1 aliphatic heterocycles. The number of carboxylic acid groups (broad SMARTS) is 1. The van der Waals surface area contributed by atoms with Gasteiger partial charge in [-0.2, -0.15) is 0 Å². The average molecular weight is 622 g/mol. The van der Waals surface area contributed by atoms with Crippen LogP contribution in [0.4, 0.5) is 5.69 Å². The number of terminal acetylenes is 1. The Balaban J connectivity index is 1.71. The van der Waals surface area contributed by atoms with E-state index in [0.717, 1.165) is 5.56 Å². The molecular weight excluding hydrogens is 596 g/mol. The molecule has 0 radical (unpaired) electrons. The van der Waals surface area contributed by atoms with Crippen molar-refractivity contribution in [1.29, 1.82) is 0 Å². The zero-order valence-electron chi connectivity index (χ0n) is 21.7. The molecule has 1 heterocycles. The molecule has 1 amide bonds. The maximum atomic E-state index is 13.7. The van der Waals surface area contributed by atoms with E-state index in [0.29, 0.717) is 49.7 Å². The minimum absolute atomic E-state index is 0.0921. The summed E-state index contributed by atoms with van der Waals surface area (Å²) in [6.07, 6.45) is 7.10. The second kappa shape index (κ2) is 13.2. The summed E-state index contributed by atoms with van der Waals surface area (Å²) < 4.78 is 17.3. The van der Waals surface area contributed by atoms with Gasteiger partial charge in [0.1, 0.15) is 12.4 Å². The van der Waals surface area contributed by atoms with Crippen LogP contribution in [0.2, 0.25) is 0 Å². The van der Waals surface area contributed by atoms with Crippen molar-refractivity contribution in [3.8, 4) is 29.6 Å². The van der Waals surface area contributed by atoms with Gasteiger partial charge in [-0.15, -0.1) is 6.42 Å². The second-order valence-electron chi connectivity index (χ2n) is 8.34. The monoisotopic (exact) mass is 620 g/mol. The predicted molar refractivity (Wildman–Crippen MR) is 159 cm³/mol. The summed E-state index contributed by atoms with van der Waals surface area (Å²) in [6.45, 7) is 2.59. The van der Waals surface area contributed by atoms with Gasteiger partial charge in [-0.1, -0.05) is 34.0 Å². The summed E-state index contributed by atoms with van der Waals surface area (Å²) in [5.74, 6) is 2.88. The largest absolute Gasteiger partial charge is 0.497 e. The highest BCUT2D eigenvalue weighted by atomic mass is 79.9. The number of rotatable bonds is 10. The van der Waals surface area contributed by atoms with Crippen LogP contribution >= 0.6 is 27.7 Å². The van der Waals surface area contributed by atoms with Crippen molar-refractivity contribution in [2.45, 2.75) is 13.5 Å². The summed E-state index contributed by atoms with van der Waals surface area (Å²) in [7, 11) is 1.59. The number of carboxylic acids is 1. The minimum atomic E-state index is -1.01. The number of carbonyl (C=O) groups is 2. The Hall–Kier alpha value is -4.20. The number of hydrogen-bond acceptors (Lipinski definition) is 7. The summed E-state index contributed by atoms with van der Waals surface area (Å²) >= 11 is 4.81. The first-order valence-electron chi connectivity index (χ1n) is 12.1. The Morgan fingerprint density at radius 1 is 1.12 bits per heavy atom. The van der Waals surface area contributed by atoms with Crippen molar-refractivity contribution in [2.24, 2.45) is 4.99 Å². The molecule has 204 valence electrons. The lowest BCUT2D eigenvalue weighted by atomic mass is 10.1. The smallest absolute Gasteiger partial charge is 0.335 e. The van der Waals surface area contributed by atoms with Crippen molar-refractivity contribution in [3.05, 3.63) is 86.7 Å². The highest BCUT2D eigenvalue weighted by Gasteiger charge is 2.34. The molecule has 4 rings (SSSR count). The zero-order chi connectivity index (χ0) is 28.6. The molecule has 0 saturated carbocycles. The van der Waals surface area contributed by atoms with Gasteiger partial charge in [-0.25, -0.2) is 9.79 Å². The Morgan fingerprint density at radius 2 is 1.82 bits per heavy atom. The molecule has 3 aromatic rings. The molecule has 1 fully saturated rings. The zero-order valence-corrected chi connectivity index (χ0v) is 24.1. The number of amides is 1. The molecule has 0 aliphatic carbocycles. The quantitative estimate of drug-likeness (QED) is 0.208. The number of ether oxygens (including phenoxy) is 3.